The molecule has 0 amide bonds. The monoisotopic (exact) mass is 292 g/mol. The first-order chi connectivity index (χ1) is 10.1. The van der Waals surface area contributed by atoms with E-state index in [-0.39, 0.29) is 12.1 Å². The van der Waals surface area contributed by atoms with Crippen molar-refractivity contribution in [2.45, 2.75) is 39.3 Å². The highest BCUT2D eigenvalue weighted by Gasteiger charge is 2.27. The van der Waals surface area contributed by atoms with Gasteiger partial charge in [-0.1, -0.05) is 19.9 Å². The van der Waals surface area contributed by atoms with E-state index in [9.17, 15) is 5.11 Å². The summed E-state index contributed by atoms with van der Waals surface area (Å²) in [5, 5.41) is 13.4. The van der Waals surface area contributed by atoms with Crippen molar-refractivity contribution in [1.29, 1.82) is 0 Å². The highest BCUT2D eigenvalue weighted by atomic mass is 16.5. The number of hydrogen-bond donors (Lipinski definition) is 2. The highest BCUT2D eigenvalue weighted by molar-refractivity contribution is 5.61. The Kier molecular flexibility index (Phi) is 5.48. The largest absolute Gasteiger partial charge is 0.496 e. The molecule has 4 heteroatoms. The molecule has 1 saturated heterocycles. The number of methoxy groups -OCH3 is 1. The molecule has 2 N–H and O–H groups in total. The molecule has 1 aromatic carbocycles. The Morgan fingerprint density at radius 1 is 1.48 bits per heavy atom. The molecule has 0 spiro atoms. The number of aliphatic hydroxyl groups is 1. The topological polar surface area (TPSA) is 44.7 Å². The molecule has 1 heterocycles. The second-order valence-corrected chi connectivity index (χ2v) is 5.95. The smallest absolute Gasteiger partial charge is 0.125 e. The van der Waals surface area contributed by atoms with Crippen LogP contribution in [0.3, 0.4) is 0 Å². The van der Waals surface area contributed by atoms with E-state index in [0.29, 0.717) is 5.92 Å². The van der Waals surface area contributed by atoms with Gasteiger partial charge in [0, 0.05) is 30.4 Å². The fourth-order valence-electron chi connectivity index (χ4n) is 3.18. The lowest BCUT2D eigenvalue weighted by Gasteiger charge is -2.38. The van der Waals surface area contributed by atoms with E-state index in [2.05, 4.69) is 37.1 Å². The van der Waals surface area contributed by atoms with Crippen LogP contribution in [0.4, 0.5) is 5.69 Å². The van der Waals surface area contributed by atoms with Crippen LogP contribution in [0, 0.1) is 5.92 Å². The average Bonchev–Trinajstić information content (AvgIpc) is 2.49. The van der Waals surface area contributed by atoms with Crippen molar-refractivity contribution in [2.24, 2.45) is 5.92 Å². The van der Waals surface area contributed by atoms with Gasteiger partial charge >= 0.3 is 0 Å². The molecule has 3 unspecified atom stereocenters. The maximum absolute atomic E-state index is 9.94. The summed E-state index contributed by atoms with van der Waals surface area (Å²) in [6.45, 7) is 9.11. The number of nitrogens with zero attached hydrogens (tertiary/aromatic N) is 1. The van der Waals surface area contributed by atoms with Gasteiger partial charge in [0.1, 0.15) is 5.75 Å². The third kappa shape index (κ3) is 3.50. The molecular formula is C17H28N2O2. The van der Waals surface area contributed by atoms with Crippen LogP contribution in [0.1, 0.15) is 38.8 Å². The molecular weight excluding hydrogens is 264 g/mol. The van der Waals surface area contributed by atoms with Gasteiger partial charge in [0.05, 0.1) is 13.2 Å². The standard InChI is InChI=1S/C17H28N2O2/c1-5-18-13(3)17-14(7-6-8-16(17)21-4)19-10-9-15(20)12(2)11-19/h6-8,12-13,15,18,20H,5,9-11H2,1-4H3. The van der Waals surface area contributed by atoms with Crippen molar-refractivity contribution in [3.63, 3.8) is 0 Å². The quantitative estimate of drug-likeness (QED) is 0.875. The number of aliphatic hydroxyl groups excluding tert-OH is 1. The van der Waals surface area contributed by atoms with Crippen molar-refractivity contribution in [3.05, 3.63) is 23.8 Å². The highest BCUT2D eigenvalue weighted by Crippen LogP contribution is 2.36. The summed E-state index contributed by atoms with van der Waals surface area (Å²) in [5.41, 5.74) is 2.44. The van der Waals surface area contributed by atoms with Crippen LogP contribution >= 0.6 is 0 Å². The van der Waals surface area contributed by atoms with Crippen molar-refractivity contribution in [3.8, 4) is 5.75 Å². The molecule has 118 valence electrons. The summed E-state index contributed by atoms with van der Waals surface area (Å²) in [6, 6.07) is 6.47. The summed E-state index contributed by atoms with van der Waals surface area (Å²) in [6.07, 6.45) is 0.648. The van der Waals surface area contributed by atoms with Gasteiger partial charge in [-0.2, -0.15) is 0 Å². The number of hydrogen-bond acceptors (Lipinski definition) is 4. The first kappa shape index (κ1) is 16.1. The van der Waals surface area contributed by atoms with Gasteiger partial charge in [0.2, 0.25) is 0 Å². The zero-order chi connectivity index (χ0) is 15.4. The molecule has 1 aromatic rings. The number of ether oxygens (including phenoxy) is 1. The summed E-state index contributed by atoms with van der Waals surface area (Å²) < 4.78 is 5.58. The van der Waals surface area contributed by atoms with Crippen molar-refractivity contribution in [1.82, 2.24) is 5.32 Å². The first-order valence-corrected chi connectivity index (χ1v) is 7.91. The maximum atomic E-state index is 9.94. The lowest BCUT2D eigenvalue weighted by molar-refractivity contribution is 0.0970. The summed E-state index contributed by atoms with van der Waals surface area (Å²) in [7, 11) is 1.73. The lowest BCUT2D eigenvalue weighted by Crippen LogP contribution is -2.42. The molecule has 0 saturated carbocycles. The zero-order valence-electron chi connectivity index (χ0n) is 13.6. The molecule has 21 heavy (non-hydrogen) atoms. The van der Waals surface area contributed by atoms with Gasteiger partial charge in [0.15, 0.2) is 0 Å². The van der Waals surface area contributed by atoms with E-state index >= 15 is 0 Å². The molecule has 1 aliphatic heterocycles. The van der Waals surface area contributed by atoms with E-state index in [1.165, 1.54) is 11.3 Å². The van der Waals surface area contributed by atoms with Crippen LogP contribution in [0.2, 0.25) is 0 Å². The summed E-state index contributed by atoms with van der Waals surface area (Å²) >= 11 is 0. The minimum absolute atomic E-state index is 0.179. The minimum atomic E-state index is -0.179. The van der Waals surface area contributed by atoms with Crippen LogP contribution < -0.4 is 15.0 Å². The first-order valence-electron chi connectivity index (χ1n) is 7.91. The average molecular weight is 292 g/mol. The molecule has 2 rings (SSSR count). The number of benzene rings is 1. The molecule has 1 aliphatic rings. The molecule has 0 radical (unpaired) electrons. The van der Waals surface area contributed by atoms with Gasteiger partial charge in [-0.05, 0) is 37.9 Å². The van der Waals surface area contributed by atoms with Gasteiger partial charge in [0.25, 0.3) is 0 Å². The summed E-state index contributed by atoms with van der Waals surface area (Å²) in [5.74, 6) is 1.23. The van der Waals surface area contributed by atoms with Crippen molar-refractivity contribution < 1.29 is 9.84 Å². The molecule has 0 aliphatic carbocycles. The van der Waals surface area contributed by atoms with Gasteiger partial charge < -0.3 is 20.1 Å². The SMILES string of the molecule is CCNC(C)c1c(OC)cccc1N1CCC(O)C(C)C1. The van der Waals surface area contributed by atoms with Crippen LogP contribution in [-0.2, 0) is 0 Å². The fraction of sp³-hybridized carbons (Fsp3) is 0.647. The molecule has 0 aromatic heterocycles. The Hall–Kier alpha value is -1.26. The number of rotatable bonds is 5. The van der Waals surface area contributed by atoms with E-state index in [0.717, 1.165) is 31.8 Å². The zero-order valence-corrected chi connectivity index (χ0v) is 13.6. The van der Waals surface area contributed by atoms with Crippen LogP contribution in [0.15, 0.2) is 18.2 Å². The van der Waals surface area contributed by atoms with Crippen molar-refractivity contribution >= 4 is 5.69 Å². The molecule has 3 atom stereocenters. The fourth-order valence-corrected chi connectivity index (χ4v) is 3.18. The summed E-state index contributed by atoms with van der Waals surface area (Å²) in [4.78, 5) is 2.38. The van der Waals surface area contributed by atoms with Crippen LogP contribution in [0.25, 0.3) is 0 Å². The van der Waals surface area contributed by atoms with Crippen molar-refractivity contribution in [2.75, 3.05) is 31.6 Å². The molecule has 4 nitrogen and oxygen atoms in total. The Morgan fingerprint density at radius 2 is 2.24 bits per heavy atom. The predicted octanol–water partition coefficient (Wildman–Crippen LogP) is 2.57. The van der Waals surface area contributed by atoms with E-state index < -0.39 is 0 Å². The Bertz CT molecular complexity index is 464. The molecule has 1 fully saturated rings. The Labute approximate surface area is 128 Å². The number of piperidine rings is 1. The second kappa shape index (κ2) is 7.14. The predicted molar refractivity (Wildman–Crippen MR) is 87.1 cm³/mol. The number of nitrogens with one attached hydrogen (secondary N) is 1. The van der Waals surface area contributed by atoms with Gasteiger partial charge in [-0.3, -0.25) is 0 Å². The van der Waals surface area contributed by atoms with Crippen LogP contribution in [-0.4, -0.2) is 38.0 Å². The van der Waals surface area contributed by atoms with Gasteiger partial charge in [-0.25, -0.2) is 0 Å². The Morgan fingerprint density at radius 3 is 2.86 bits per heavy atom. The third-order valence-electron chi connectivity index (χ3n) is 4.41. The Balaban J connectivity index is 2.34. The van der Waals surface area contributed by atoms with Gasteiger partial charge in [-0.15, -0.1) is 0 Å². The normalized spacial score (nSPS) is 24.0. The minimum Gasteiger partial charge on any atom is -0.496 e. The second-order valence-electron chi connectivity index (χ2n) is 5.95. The number of anilines is 1. The molecule has 0 bridgehead atoms. The van der Waals surface area contributed by atoms with E-state index in [4.69, 9.17) is 4.74 Å². The third-order valence-corrected chi connectivity index (χ3v) is 4.41. The maximum Gasteiger partial charge on any atom is 0.125 e. The lowest BCUT2D eigenvalue weighted by atomic mass is 9.94. The van der Waals surface area contributed by atoms with E-state index in [1.54, 1.807) is 7.11 Å². The van der Waals surface area contributed by atoms with Crippen LogP contribution in [0.5, 0.6) is 5.75 Å². The van der Waals surface area contributed by atoms with E-state index in [1.807, 2.05) is 12.1 Å².